The van der Waals surface area contributed by atoms with Gasteiger partial charge >= 0.3 is 0 Å². The smallest absolute Gasteiger partial charge is 0.245 e. The lowest BCUT2D eigenvalue weighted by Gasteiger charge is -2.28. The van der Waals surface area contributed by atoms with Crippen LogP contribution in [-0.2, 0) is 10.0 Å². The second kappa shape index (κ2) is 5.48. The first kappa shape index (κ1) is 15.9. The minimum absolute atomic E-state index is 0.0274. The Hall–Kier alpha value is -1.11. The van der Waals surface area contributed by atoms with Gasteiger partial charge in [0, 0.05) is 13.1 Å². The summed E-state index contributed by atoms with van der Waals surface area (Å²) in [4.78, 5) is 0.126. The van der Waals surface area contributed by atoms with Gasteiger partial charge < -0.3 is 10.8 Å². The summed E-state index contributed by atoms with van der Waals surface area (Å²) < 4.78 is 26.5. The average Bonchev–Trinajstić information content (AvgIpc) is 2.23. The molecule has 0 unspecified atom stereocenters. The van der Waals surface area contributed by atoms with Crippen LogP contribution in [0.15, 0.2) is 23.1 Å². The van der Waals surface area contributed by atoms with Gasteiger partial charge in [0.05, 0.1) is 11.3 Å². The van der Waals surface area contributed by atoms with Crippen LogP contribution in [0.4, 0.5) is 5.69 Å². The van der Waals surface area contributed by atoms with Crippen molar-refractivity contribution in [1.29, 1.82) is 0 Å². The van der Waals surface area contributed by atoms with Gasteiger partial charge in [-0.25, -0.2) is 8.42 Å². The Bertz CT molecular complexity index is 527. The summed E-state index contributed by atoms with van der Waals surface area (Å²) in [5.41, 5.74) is 5.54. The number of nitrogen functional groups attached to an aromatic ring is 1. The number of hydrogen-bond acceptors (Lipinski definition) is 4. The lowest BCUT2D eigenvalue weighted by Crippen LogP contribution is -2.42. The molecule has 0 radical (unpaired) electrons. The van der Waals surface area contributed by atoms with Crippen molar-refractivity contribution >= 4 is 15.7 Å². The van der Waals surface area contributed by atoms with E-state index in [2.05, 4.69) is 0 Å². The molecule has 0 bridgehead atoms. The third-order valence-electron chi connectivity index (χ3n) is 2.76. The molecule has 0 amide bonds. The van der Waals surface area contributed by atoms with E-state index in [4.69, 9.17) is 5.73 Å². The summed E-state index contributed by atoms with van der Waals surface area (Å²) in [5, 5.41) is 9.83. The summed E-state index contributed by atoms with van der Waals surface area (Å²) in [7, 11) is -3.70. The van der Waals surface area contributed by atoms with Crippen LogP contribution in [0.3, 0.4) is 0 Å². The number of rotatable bonds is 5. The Morgan fingerprint density at radius 3 is 2.37 bits per heavy atom. The molecule has 0 spiro atoms. The molecule has 19 heavy (non-hydrogen) atoms. The predicted molar refractivity (Wildman–Crippen MR) is 76.3 cm³/mol. The zero-order valence-corrected chi connectivity index (χ0v) is 12.7. The van der Waals surface area contributed by atoms with Crippen LogP contribution in [0, 0.1) is 6.92 Å². The fourth-order valence-electron chi connectivity index (χ4n) is 1.95. The lowest BCUT2D eigenvalue weighted by atomic mass is 10.1. The molecule has 6 heteroatoms. The van der Waals surface area contributed by atoms with E-state index in [0.29, 0.717) is 5.56 Å². The molecule has 1 aromatic carbocycles. The van der Waals surface area contributed by atoms with E-state index in [1.54, 1.807) is 45.9 Å². The van der Waals surface area contributed by atoms with Gasteiger partial charge in [0.1, 0.15) is 4.90 Å². The molecule has 1 rings (SSSR count). The maximum atomic E-state index is 12.6. The van der Waals surface area contributed by atoms with Gasteiger partial charge in [-0.15, -0.1) is 0 Å². The fourth-order valence-corrected chi connectivity index (χ4v) is 3.88. The molecule has 0 aliphatic carbocycles. The monoisotopic (exact) mass is 286 g/mol. The zero-order valence-electron chi connectivity index (χ0n) is 11.8. The summed E-state index contributed by atoms with van der Waals surface area (Å²) in [5.74, 6) is 0. The number of nitrogens with two attached hydrogens (primary N) is 1. The molecule has 0 saturated heterocycles. The number of likely N-dealkylation sites (N-methyl/N-ethyl adjacent to an activating group) is 1. The average molecular weight is 286 g/mol. The van der Waals surface area contributed by atoms with Gasteiger partial charge in [-0.1, -0.05) is 19.1 Å². The van der Waals surface area contributed by atoms with Crippen LogP contribution in [0.5, 0.6) is 0 Å². The van der Waals surface area contributed by atoms with E-state index in [0.717, 1.165) is 0 Å². The van der Waals surface area contributed by atoms with Gasteiger partial charge in [-0.2, -0.15) is 4.31 Å². The highest BCUT2D eigenvalue weighted by molar-refractivity contribution is 7.89. The summed E-state index contributed by atoms with van der Waals surface area (Å²) in [6.45, 7) is 6.90. The molecule has 0 aliphatic rings. The number of aryl methyl sites for hydroxylation is 1. The van der Waals surface area contributed by atoms with E-state index in [1.165, 1.54) is 4.31 Å². The highest BCUT2D eigenvalue weighted by atomic mass is 32.2. The SMILES string of the molecule is CCN(CC(C)(C)O)S(=O)(=O)c1c(C)cccc1N. The van der Waals surface area contributed by atoms with E-state index in [-0.39, 0.29) is 23.7 Å². The first-order valence-electron chi connectivity index (χ1n) is 6.17. The largest absolute Gasteiger partial charge is 0.398 e. The summed E-state index contributed by atoms with van der Waals surface area (Å²) in [6, 6.07) is 4.99. The predicted octanol–water partition coefficient (Wildman–Crippen LogP) is 1.36. The quantitative estimate of drug-likeness (QED) is 0.801. The van der Waals surface area contributed by atoms with Crippen LogP contribution in [-0.4, -0.2) is 36.5 Å². The lowest BCUT2D eigenvalue weighted by molar-refractivity contribution is 0.0601. The van der Waals surface area contributed by atoms with Gasteiger partial charge in [0.25, 0.3) is 0 Å². The molecule has 0 aromatic heterocycles. The fraction of sp³-hybridized carbons (Fsp3) is 0.538. The first-order chi connectivity index (χ1) is 8.59. The van der Waals surface area contributed by atoms with Crippen molar-refractivity contribution in [3.05, 3.63) is 23.8 Å². The van der Waals surface area contributed by atoms with Gasteiger partial charge in [-0.3, -0.25) is 0 Å². The van der Waals surface area contributed by atoms with E-state index < -0.39 is 15.6 Å². The number of nitrogens with zero attached hydrogens (tertiary/aromatic N) is 1. The molecule has 0 aliphatic heterocycles. The minimum Gasteiger partial charge on any atom is -0.398 e. The molecule has 3 N–H and O–H groups in total. The second-order valence-electron chi connectivity index (χ2n) is 5.24. The third-order valence-corrected chi connectivity index (χ3v) is 4.90. The number of sulfonamides is 1. The van der Waals surface area contributed by atoms with Gasteiger partial charge in [0.2, 0.25) is 10.0 Å². The molecule has 0 atom stereocenters. The Labute approximate surface area is 115 Å². The first-order valence-corrected chi connectivity index (χ1v) is 7.61. The summed E-state index contributed by atoms with van der Waals surface area (Å²) >= 11 is 0. The van der Waals surface area contributed by atoms with Gasteiger partial charge in [-0.05, 0) is 32.4 Å². The number of anilines is 1. The van der Waals surface area contributed by atoms with Crippen LogP contribution in [0.2, 0.25) is 0 Å². The van der Waals surface area contributed by atoms with Gasteiger partial charge in [0.15, 0.2) is 0 Å². The summed E-state index contributed by atoms with van der Waals surface area (Å²) in [6.07, 6.45) is 0. The van der Waals surface area contributed by atoms with E-state index in [9.17, 15) is 13.5 Å². The molecule has 0 saturated carbocycles. The standard InChI is InChI=1S/C13H22N2O3S/c1-5-15(9-13(3,4)16)19(17,18)12-10(2)7-6-8-11(12)14/h6-8,16H,5,9,14H2,1-4H3. The topological polar surface area (TPSA) is 83.6 Å². The number of hydrogen-bond donors (Lipinski definition) is 2. The normalized spacial score (nSPS) is 12.9. The number of aliphatic hydroxyl groups is 1. The molecular formula is C13H22N2O3S. The maximum absolute atomic E-state index is 12.6. The maximum Gasteiger partial charge on any atom is 0.245 e. The minimum atomic E-state index is -3.70. The van der Waals surface area contributed by atoms with E-state index in [1.807, 2.05) is 0 Å². The van der Waals surface area contributed by atoms with Crippen LogP contribution in [0.1, 0.15) is 26.3 Å². The van der Waals surface area contributed by atoms with Crippen molar-refractivity contribution in [2.45, 2.75) is 38.2 Å². The number of benzene rings is 1. The Kier molecular flexibility index (Phi) is 4.60. The molecule has 108 valence electrons. The molecule has 5 nitrogen and oxygen atoms in total. The molecule has 1 aromatic rings. The zero-order chi connectivity index (χ0) is 14.8. The van der Waals surface area contributed by atoms with Crippen molar-refractivity contribution in [1.82, 2.24) is 4.31 Å². The van der Waals surface area contributed by atoms with Crippen molar-refractivity contribution in [3.8, 4) is 0 Å². The Balaban J connectivity index is 3.29. The molecular weight excluding hydrogens is 264 g/mol. The van der Waals surface area contributed by atoms with Crippen LogP contribution in [0.25, 0.3) is 0 Å². The van der Waals surface area contributed by atoms with Crippen molar-refractivity contribution in [2.75, 3.05) is 18.8 Å². The second-order valence-corrected chi connectivity index (χ2v) is 7.11. The third kappa shape index (κ3) is 3.68. The van der Waals surface area contributed by atoms with Crippen molar-refractivity contribution in [2.24, 2.45) is 0 Å². The molecule has 0 fully saturated rings. The highest BCUT2D eigenvalue weighted by Gasteiger charge is 2.30. The highest BCUT2D eigenvalue weighted by Crippen LogP contribution is 2.26. The van der Waals surface area contributed by atoms with Crippen molar-refractivity contribution < 1.29 is 13.5 Å². The van der Waals surface area contributed by atoms with Crippen LogP contribution >= 0.6 is 0 Å². The molecule has 0 heterocycles. The Morgan fingerprint density at radius 1 is 1.37 bits per heavy atom. The Morgan fingerprint density at radius 2 is 1.95 bits per heavy atom. The van der Waals surface area contributed by atoms with Crippen molar-refractivity contribution in [3.63, 3.8) is 0 Å². The van der Waals surface area contributed by atoms with Crippen LogP contribution < -0.4 is 5.73 Å². The van der Waals surface area contributed by atoms with E-state index >= 15 is 0 Å².